The number of hydrogen-bond acceptors (Lipinski definition) is 3. The highest BCUT2D eigenvalue weighted by Gasteiger charge is 2.36. The molecule has 108 valence electrons. The first-order valence-corrected chi connectivity index (χ1v) is 6.63. The Morgan fingerprint density at radius 2 is 1.78 bits per heavy atom. The molecule has 0 aromatic heterocycles. The molecule has 0 saturated carbocycles. The standard InChI is InChI=1S/C9H18N.CHF3O3S/c1-4-6-7-9-10(3)8-5-2;2-1(3,4)8(5,6)7/h4,9H,1,5-8H2,2-3H3;(H,5,6,7)/q+1;/p-1. The molecule has 0 amide bonds. The summed E-state index contributed by atoms with van der Waals surface area (Å²) in [4.78, 5) is 0. The molecule has 4 nitrogen and oxygen atoms in total. The maximum Gasteiger partial charge on any atom is 0.485 e. The first kappa shape index (κ1) is 19.4. The van der Waals surface area contributed by atoms with Gasteiger partial charge < -0.3 is 4.55 Å². The van der Waals surface area contributed by atoms with Crippen LogP contribution >= 0.6 is 0 Å². The van der Waals surface area contributed by atoms with Gasteiger partial charge in [0.15, 0.2) is 10.1 Å². The number of allylic oxidation sites excluding steroid dienone is 1. The number of alkyl halides is 3. The fourth-order valence-electron chi connectivity index (χ4n) is 0.857. The number of nitrogens with zero attached hydrogens (tertiary/aromatic N) is 1. The van der Waals surface area contributed by atoms with Gasteiger partial charge in [0, 0.05) is 12.8 Å². The lowest BCUT2D eigenvalue weighted by molar-refractivity contribution is -0.493. The fraction of sp³-hybridized carbons (Fsp3) is 0.700. The van der Waals surface area contributed by atoms with Crippen LogP contribution in [0.25, 0.3) is 0 Å². The Kier molecular flexibility index (Phi) is 9.83. The molecule has 0 unspecified atom stereocenters. The Balaban J connectivity index is 0. The minimum absolute atomic E-state index is 1.09. The highest BCUT2D eigenvalue weighted by atomic mass is 32.2. The van der Waals surface area contributed by atoms with Crippen LogP contribution in [0.1, 0.15) is 26.2 Å². The maximum atomic E-state index is 10.7. The van der Waals surface area contributed by atoms with E-state index in [1.165, 1.54) is 6.42 Å². The van der Waals surface area contributed by atoms with Crippen LogP contribution in [0.2, 0.25) is 0 Å². The number of halogens is 3. The zero-order valence-corrected chi connectivity index (χ0v) is 11.2. The molecular weight excluding hydrogens is 271 g/mol. The lowest BCUT2D eigenvalue weighted by Crippen LogP contribution is -2.21. The molecule has 0 aliphatic rings. The molecule has 0 aliphatic carbocycles. The van der Waals surface area contributed by atoms with E-state index in [-0.39, 0.29) is 0 Å². The second kappa shape index (κ2) is 9.09. The molecule has 0 N–H and O–H groups in total. The third kappa shape index (κ3) is 11.6. The molecule has 0 rings (SSSR count). The predicted molar refractivity (Wildman–Crippen MR) is 62.6 cm³/mol. The summed E-state index contributed by atoms with van der Waals surface area (Å²) in [6, 6.07) is 0. The summed E-state index contributed by atoms with van der Waals surface area (Å²) < 4.78 is 61.1. The quantitative estimate of drug-likeness (QED) is 0.194. The third-order valence-corrected chi connectivity index (χ3v) is 2.24. The van der Waals surface area contributed by atoms with Crippen LogP contribution in [-0.2, 0) is 10.1 Å². The van der Waals surface area contributed by atoms with E-state index in [4.69, 9.17) is 13.0 Å². The molecule has 18 heavy (non-hydrogen) atoms. The van der Waals surface area contributed by atoms with Gasteiger partial charge in [0.1, 0.15) is 19.8 Å². The van der Waals surface area contributed by atoms with Crippen molar-refractivity contribution >= 4 is 16.3 Å². The average Bonchev–Trinajstić information content (AvgIpc) is 2.16. The van der Waals surface area contributed by atoms with Crippen molar-refractivity contribution in [3.05, 3.63) is 12.7 Å². The van der Waals surface area contributed by atoms with Crippen LogP contribution < -0.4 is 0 Å². The summed E-state index contributed by atoms with van der Waals surface area (Å²) in [7, 11) is -3.97. The van der Waals surface area contributed by atoms with Gasteiger partial charge in [-0.2, -0.15) is 13.2 Å². The Hall–Kier alpha value is -0.890. The molecule has 0 radical (unpaired) electrons. The summed E-state index contributed by atoms with van der Waals surface area (Å²) in [5.74, 6) is 0. The van der Waals surface area contributed by atoms with Crippen LogP contribution in [0.3, 0.4) is 0 Å². The largest absolute Gasteiger partial charge is 0.741 e. The van der Waals surface area contributed by atoms with Crippen molar-refractivity contribution in [2.45, 2.75) is 31.7 Å². The summed E-state index contributed by atoms with van der Waals surface area (Å²) in [6.45, 7) is 7.02. The van der Waals surface area contributed by atoms with Gasteiger partial charge in [-0.3, -0.25) is 0 Å². The van der Waals surface area contributed by atoms with E-state index in [1.807, 2.05) is 6.08 Å². The van der Waals surface area contributed by atoms with Crippen LogP contribution in [-0.4, -0.2) is 42.9 Å². The Morgan fingerprint density at radius 1 is 1.33 bits per heavy atom. The zero-order valence-electron chi connectivity index (χ0n) is 10.4. The normalized spacial score (nSPS) is 12.7. The topological polar surface area (TPSA) is 60.2 Å². The molecule has 0 spiro atoms. The SMILES string of the molecule is C=CCCC=[N+](C)CCC.O=S(=O)([O-])C(F)(F)F. The fourth-order valence-corrected chi connectivity index (χ4v) is 0.857. The summed E-state index contributed by atoms with van der Waals surface area (Å²) >= 11 is 0. The number of rotatable bonds is 5. The molecule has 0 aliphatic heterocycles. The second-order valence-electron chi connectivity index (χ2n) is 3.43. The smallest absolute Gasteiger partial charge is 0.485 e. The molecule has 0 aromatic carbocycles. The Bertz CT molecular complexity index is 361. The van der Waals surface area contributed by atoms with Gasteiger partial charge >= 0.3 is 5.51 Å². The summed E-state index contributed by atoms with van der Waals surface area (Å²) in [5.41, 5.74) is -5.65. The van der Waals surface area contributed by atoms with Crippen molar-refractivity contribution in [2.75, 3.05) is 13.6 Å². The van der Waals surface area contributed by atoms with E-state index >= 15 is 0 Å². The van der Waals surface area contributed by atoms with Gasteiger partial charge in [-0.25, -0.2) is 13.0 Å². The summed E-state index contributed by atoms with van der Waals surface area (Å²) in [5, 5.41) is 0. The Labute approximate surface area is 106 Å². The molecule has 0 fully saturated rings. The lowest BCUT2D eigenvalue weighted by Gasteiger charge is -2.08. The molecule has 0 heterocycles. The average molecular weight is 289 g/mol. The molecule has 8 heteroatoms. The minimum atomic E-state index is -6.09. The predicted octanol–water partition coefficient (Wildman–Crippen LogP) is 2.13. The monoisotopic (exact) mass is 289 g/mol. The van der Waals surface area contributed by atoms with Crippen molar-refractivity contribution in [3.63, 3.8) is 0 Å². The zero-order chi connectivity index (χ0) is 14.8. The summed E-state index contributed by atoms with van der Waals surface area (Å²) in [6.07, 6.45) is 7.62. The van der Waals surface area contributed by atoms with E-state index in [0.717, 1.165) is 19.4 Å². The van der Waals surface area contributed by atoms with Crippen LogP contribution in [0.5, 0.6) is 0 Å². The van der Waals surface area contributed by atoms with Gasteiger partial charge in [-0.15, -0.1) is 6.58 Å². The van der Waals surface area contributed by atoms with Crippen molar-refractivity contribution < 1.29 is 30.7 Å². The maximum absolute atomic E-state index is 10.7. The van der Waals surface area contributed by atoms with Crippen molar-refractivity contribution in [1.82, 2.24) is 0 Å². The van der Waals surface area contributed by atoms with Crippen molar-refractivity contribution in [2.24, 2.45) is 0 Å². The van der Waals surface area contributed by atoms with Gasteiger partial charge in [0.2, 0.25) is 0 Å². The van der Waals surface area contributed by atoms with E-state index < -0.39 is 15.6 Å². The van der Waals surface area contributed by atoms with E-state index in [2.05, 4.69) is 31.3 Å². The highest BCUT2D eigenvalue weighted by Crippen LogP contribution is 2.20. The van der Waals surface area contributed by atoms with Gasteiger partial charge in [-0.05, 0) is 6.42 Å². The van der Waals surface area contributed by atoms with Gasteiger partial charge in [0.25, 0.3) is 0 Å². The van der Waals surface area contributed by atoms with Gasteiger partial charge in [0.05, 0.1) is 0 Å². The van der Waals surface area contributed by atoms with E-state index in [0.29, 0.717) is 0 Å². The first-order valence-electron chi connectivity index (χ1n) is 5.22. The minimum Gasteiger partial charge on any atom is -0.741 e. The highest BCUT2D eigenvalue weighted by molar-refractivity contribution is 7.86. The Morgan fingerprint density at radius 3 is 2.06 bits per heavy atom. The molecular formula is C10H18F3NO3S. The van der Waals surface area contributed by atoms with Crippen molar-refractivity contribution in [1.29, 1.82) is 0 Å². The molecule has 0 saturated heterocycles. The van der Waals surface area contributed by atoms with Crippen LogP contribution in [0.4, 0.5) is 13.2 Å². The lowest BCUT2D eigenvalue weighted by atomic mass is 10.3. The molecule has 0 aromatic rings. The first-order chi connectivity index (χ1) is 8.06. The number of unbranched alkanes of at least 4 members (excludes halogenated alkanes) is 1. The molecule has 0 bridgehead atoms. The van der Waals surface area contributed by atoms with Crippen LogP contribution in [0.15, 0.2) is 12.7 Å². The van der Waals surface area contributed by atoms with Crippen LogP contribution in [0, 0.1) is 0 Å². The second-order valence-corrected chi connectivity index (χ2v) is 4.80. The number of hydrogen-bond donors (Lipinski definition) is 0. The van der Waals surface area contributed by atoms with Crippen molar-refractivity contribution in [3.8, 4) is 0 Å². The van der Waals surface area contributed by atoms with E-state index in [1.54, 1.807) is 0 Å². The van der Waals surface area contributed by atoms with Gasteiger partial charge in [-0.1, -0.05) is 13.0 Å². The molecule has 0 atom stereocenters. The van der Waals surface area contributed by atoms with E-state index in [9.17, 15) is 13.2 Å². The third-order valence-electron chi connectivity index (χ3n) is 1.67.